The highest BCUT2D eigenvalue weighted by Gasteiger charge is 2.21. The second-order valence-corrected chi connectivity index (χ2v) is 6.19. The average molecular weight is 338 g/mol. The Hall–Kier alpha value is -2.82. The van der Waals surface area contributed by atoms with E-state index < -0.39 is 0 Å². The van der Waals surface area contributed by atoms with E-state index in [9.17, 15) is 9.59 Å². The van der Waals surface area contributed by atoms with Gasteiger partial charge in [0.2, 0.25) is 5.91 Å². The number of benzene rings is 2. The predicted molar refractivity (Wildman–Crippen MR) is 98.3 cm³/mol. The molecule has 3 rings (SSSR count). The standard InChI is InChI=1S/C20H22N2O3/c1-14-12-16(9-10-18(14)22-11-4-3-8-19(22)23)21-20(24)15-6-5-7-17(13-15)25-2/h5-7,9-10,12-13H,3-4,8,11H2,1-2H3,(H,21,24). The fraction of sp³-hybridized carbons (Fsp3) is 0.300. The van der Waals surface area contributed by atoms with Gasteiger partial charge < -0.3 is 15.0 Å². The monoisotopic (exact) mass is 338 g/mol. The maximum atomic E-state index is 12.4. The van der Waals surface area contributed by atoms with Crippen molar-refractivity contribution in [3.63, 3.8) is 0 Å². The maximum absolute atomic E-state index is 12.4. The van der Waals surface area contributed by atoms with Gasteiger partial charge in [-0.3, -0.25) is 9.59 Å². The molecule has 1 aliphatic rings. The molecule has 1 fully saturated rings. The summed E-state index contributed by atoms with van der Waals surface area (Å²) < 4.78 is 5.15. The molecule has 5 heteroatoms. The number of ether oxygens (including phenoxy) is 1. The molecular formula is C20H22N2O3. The summed E-state index contributed by atoms with van der Waals surface area (Å²) >= 11 is 0. The number of aryl methyl sites for hydroxylation is 1. The van der Waals surface area contributed by atoms with Crippen molar-refractivity contribution in [1.82, 2.24) is 0 Å². The molecule has 1 aliphatic heterocycles. The van der Waals surface area contributed by atoms with Crippen LogP contribution in [0.1, 0.15) is 35.2 Å². The Morgan fingerprint density at radius 2 is 2.00 bits per heavy atom. The fourth-order valence-corrected chi connectivity index (χ4v) is 3.06. The fourth-order valence-electron chi connectivity index (χ4n) is 3.06. The number of anilines is 2. The highest BCUT2D eigenvalue weighted by molar-refractivity contribution is 6.04. The third-order valence-corrected chi connectivity index (χ3v) is 4.40. The molecule has 2 aromatic rings. The molecule has 0 atom stereocenters. The lowest BCUT2D eigenvalue weighted by atomic mass is 10.1. The minimum absolute atomic E-state index is 0.169. The molecule has 5 nitrogen and oxygen atoms in total. The summed E-state index contributed by atoms with van der Waals surface area (Å²) in [5.74, 6) is 0.616. The van der Waals surface area contributed by atoms with Crippen LogP contribution in [0.4, 0.5) is 11.4 Å². The number of nitrogens with one attached hydrogen (secondary N) is 1. The van der Waals surface area contributed by atoms with Crippen molar-refractivity contribution in [1.29, 1.82) is 0 Å². The Labute approximate surface area is 147 Å². The van der Waals surface area contributed by atoms with Crippen molar-refractivity contribution >= 4 is 23.2 Å². The first-order valence-electron chi connectivity index (χ1n) is 8.45. The molecule has 2 aromatic carbocycles. The molecule has 0 bridgehead atoms. The van der Waals surface area contributed by atoms with E-state index in [0.29, 0.717) is 23.4 Å². The minimum atomic E-state index is -0.194. The van der Waals surface area contributed by atoms with E-state index in [2.05, 4.69) is 5.32 Å². The van der Waals surface area contributed by atoms with Crippen LogP contribution in [0.2, 0.25) is 0 Å². The first kappa shape index (κ1) is 17.0. The Morgan fingerprint density at radius 1 is 1.16 bits per heavy atom. The van der Waals surface area contributed by atoms with Gasteiger partial charge in [-0.25, -0.2) is 0 Å². The van der Waals surface area contributed by atoms with Crippen LogP contribution in [0, 0.1) is 6.92 Å². The lowest BCUT2D eigenvalue weighted by Crippen LogP contribution is -2.35. The van der Waals surface area contributed by atoms with Crippen molar-refractivity contribution in [2.24, 2.45) is 0 Å². The molecule has 1 saturated heterocycles. The van der Waals surface area contributed by atoms with Gasteiger partial charge in [-0.15, -0.1) is 0 Å². The SMILES string of the molecule is COc1cccc(C(=O)Nc2ccc(N3CCCCC3=O)c(C)c2)c1. The smallest absolute Gasteiger partial charge is 0.255 e. The van der Waals surface area contributed by atoms with E-state index in [-0.39, 0.29) is 11.8 Å². The summed E-state index contributed by atoms with van der Waals surface area (Å²) in [6.07, 6.45) is 2.59. The van der Waals surface area contributed by atoms with Crippen molar-refractivity contribution in [3.05, 3.63) is 53.6 Å². The van der Waals surface area contributed by atoms with Crippen LogP contribution in [-0.4, -0.2) is 25.5 Å². The number of carbonyl (C=O) groups is 2. The van der Waals surface area contributed by atoms with E-state index in [0.717, 1.165) is 30.6 Å². The zero-order valence-electron chi connectivity index (χ0n) is 14.5. The Kier molecular flexibility index (Phi) is 5.03. The van der Waals surface area contributed by atoms with Crippen LogP contribution in [0.25, 0.3) is 0 Å². The summed E-state index contributed by atoms with van der Waals surface area (Å²) in [6.45, 7) is 2.72. The second kappa shape index (κ2) is 7.38. The maximum Gasteiger partial charge on any atom is 0.255 e. The lowest BCUT2D eigenvalue weighted by Gasteiger charge is -2.28. The van der Waals surface area contributed by atoms with E-state index in [1.54, 1.807) is 31.4 Å². The summed E-state index contributed by atoms with van der Waals surface area (Å²) in [5, 5.41) is 2.89. The van der Waals surface area contributed by atoms with E-state index in [1.165, 1.54) is 0 Å². The number of piperidine rings is 1. The Balaban J connectivity index is 1.76. The summed E-state index contributed by atoms with van der Waals surface area (Å²) in [5.41, 5.74) is 3.13. The molecule has 0 aliphatic carbocycles. The van der Waals surface area contributed by atoms with E-state index in [4.69, 9.17) is 4.74 Å². The second-order valence-electron chi connectivity index (χ2n) is 6.19. The third kappa shape index (κ3) is 3.82. The number of rotatable bonds is 4. The van der Waals surface area contributed by atoms with Crippen LogP contribution in [0.3, 0.4) is 0 Å². The molecule has 0 saturated carbocycles. The molecule has 0 unspecified atom stereocenters. The molecule has 1 N–H and O–H groups in total. The normalized spacial score (nSPS) is 14.3. The van der Waals surface area contributed by atoms with Gasteiger partial charge in [0.1, 0.15) is 5.75 Å². The van der Waals surface area contributed by atoms with E-state index >= 15 is 0 Å². The van der Waals surface area contributed by atoms with Crippen LogP contribution >= 0.6 is 0 Å². The summed E-state index contributed by atoms with van der Waals surface area (Å²) in [6, 6.07) is 12.7. The number of amides is 2. The Bertz CT molecular complexity index is 801. The highest BCUT2D eigenvalue weighted by atomic mass is 16.5. The third-order valence-electron chi connectivity index (χ3n) is 4.40. The van der Waals surface area contributed by atoms with Crippen LogP contribution < -0.4 is 15.0 Å². The first-order valence-corrected chi connectivity index (χ1v) is 8.45. The van der Waals surface area contributed by atoms with Crippen LogP contribution in [-0.2, 0) is 4.79 Å². The molecule has 130 valence electrons. The van der Waals surface area contributed by atoms with Gasteiger partial charge in [-0.05, 0) is 61.7 Å². The molecular weight excluding hydrogens is 316 g/mol. The van der Waals surface area contributed by atoms with Gasteiger partial charge in [0.15, 0.2) is 0 Å². The minimum Gasteiger partial charge on any atom is -0.497 e. The Morgan fingerprint density at radius 3 is 2.72 bits per heavy atom. The van der Waals surface area contributed by atoms with Gasteiger partial charge in [-0.2, -0.15) is 0 Å². The molecule has 0 spiro atoms. The average Bonchev–Trinajstić information content (AvgIpc) is 2.63. The zero-order valence-corrected chi connectivity index (χ0v) is 14.5. The lowest BCUT2D eigenvalue weighted by molar-refractivity contribution is -0.119. The highest BCUT2D eigenvalue weighted by Crippen LogP contribution is 2.27. The van der Waals surface area contributed by atoms with E-state index in [1.807, 2.05) is 30.0 Å². The number of hydrogen-bond acceptors (Lipinski definition) is 3. The van der Waals surface area contributed by atoms with Crippen molar-refractivity contribution in [3.8, 4) is 5.75 Å². The number of hydrogen-bond donors (Lipinski definition) is 1. The largest absolute Gasteiger partial charge is 0.497 e. The van der Waals surface area contributed by atoms with Gasteiger partial charge in [0.25, 0.3) is 5.91 Å². The van der Waals surface area contributed by atoms with Gasteiger partial charge in [0.05, 0.1) is 7.11 Å². The quantitative estimate of drug-likeness (QED) is 0.923. The molecule has 0 aromatic heterocycles. The number of methoxy groups -OCH3 is 1. The molecule has 2 amide bonds. The van der Waals surface area contributed by atoms with Crippen molar-refractivity contribution < 1.29 is 14.3 Å². The number of nitrogens with zero attached hydrogens (tertiary/aromatic N) is 1. The molecule has 0 radical (unpaired) electrons. The van der Waals surface area contributed by atoms with Crippen molar-refractivity contribution in [2.45, 2.75) is 26.2 Å². The molecule has 1 heterocycles. The number of carbonyl (C=O) groups excluding carboxylic acids is 2. The topological polar surface area (TPSA) is 58.6 Å². The first-order chi connectivity index (χ1) is 12.1. The van der Waals surface area contributed by atoms with Crippen LogP contribution in [0.5, 0.6) is 5.75 Å². The van der Waals surface area contributed by atoms with Crippen LogP contribution in [0.15, 0.2) is 42.5 Å². The molecule has 25 heavy (non-hydrogen) atoms. The summed E-state index contributed by atoms with van der Waals surface area (Å²) in [4.78, 5) is 26.3. The van der Waals surface area contributed by atoms with Gasteiger partial charge in [-0.1, -0.05) is 6.07 Å². The van der Waals surface area contributed by atoms with Gasteiger partial charge in [0, 0.05) is 29.9 Å². The van der Waals surface area contributed by atoms with Gasteiger partial charge >= 0.3 is 0 Å². The van der Waals surface area contributed by atoms with Crippen molar-refractivity contribution in [2.75, 3.05) is 23.9 Å². The predicted octanol–water partition coefficient (Wildman–Crippen LogP) is 3.77. The summed E-state index contributed by atoms with van der Waals surface area (Å²) in [7, 11) is 1.57. The zero-order chi connectivity index (χ0) is 17.8.